The van der Waals surface area contributed by atoms with Gasteiger partial charge in [0, 0.05) is 23.3 Å². The minimum absolute atomic E-state index is 0.0639. The molecule has 0 aromatic heterocycles. The SMILES string of the molecule is [2H]c1ccc2/c(c1OS(=O)(=O)C[C@]13CC[C@H](CC1=O)C3(C)C)=c1/c(OS(=O)(=O)C[C@]34CC[C@H](CC3=O)C4(C)C)c([2H])cc/c1=c1\cccc\c1=c1/cccc/c1=2. The number of ketones is 2. The van der Waals surface area contributed by atoms with E-state index < -0.39 is 53.4 Å². The van der Waals surface area contributed by atoms with Crippen molar-refractivity contribution in [3.05, 3.63) is 127 Å². The van der Waals surface area contributed by atoms with Crippen LogP contribution in [0.25, 0.3) is 0 Å². The Morgan fingerprint density at radius 1 is 0.574 bits per heavy atom. The summed E-state index contributed by atoms with van der Waals surface area (Å²) >= 11 is 0. The molecule has 8 nitrogen and oxygen atoms in total. The summed E-state index contributed by atoms with van der Waals surface area (Å²) in [7, 11) is -9.13. The zero-order valence-electron chi connectivity index (χ0n) is 32.8. The molecule has 4 bridgehead atoms. The molecule has 4 aromatic rings. The van der Waals surface area contributed by atoms with Gasteiger partial charge in [-0.15, -0.1) is 0 Å². The van der Waals surface area contributed by atoms with E-state index in [1.54, 1.807) is 12.1 Å². The first-order chi connectivity index (χ1) is 26.3. The molecule has 0 aliphatic heterocycles. The molecule has 0 radical (unpaired) electrons. The van der Waals surface area contributed by atoms with Crippen LogP contribution in [-0.4, -0.2) is 39.9 Å². The summed E-state index contributed by atoms with van der Waals surface area (Å²) in [6.07, 6.45) is 2.91. The second kappa shape index (κ2) is 11.6. The van der Waals surface area contributed by atoms with E-state index in [9.17, 15) is 26.4 Å². The lowest BCUT2D eigenvalue weighted by molar-refractivity contribution is -0.128. The molecule has 0 amide bonds. The Hall–Kier alpha value is -4.28. The van der Waals surface area contributed by atoms with E-state index in [0.717, 1.165) is 23.3 Å². The van der Waals surface area contributed by atoms with Gasteiger partial charge in [-0.2, -0.15) is 16.8 Å². The molecule has 0 saturated heterocycles. The molecule has 54 heavy (non-hydrogen) atoms. The maximum atomic E-state index is 14.4. The Morgan fingerprint density at radius 3 is 1.22 bits per heavy atom. The van der Waals surface area contributed by atoms with Gasteiger partial charge in [-0.05, 0) is 91.7 Å². The van der Waals surface area contributed by atoms with Gasteiger partial charge in [0.2, 0.25) is 0 Å². The number of rotatable bonds is 8. The van der Waals surface area contributed by atoms with Gasteiger partial charge >= 0.3 is 20.2 Å². The van der Waals surface area contributed by atoms with Gasteiger partial charge in [0.15, 0.2) is 11.5 Å². The van der Waals surface area contributed by atoms with Crippen LogP contribution >= 0.6 is 0 Å². The second-order valence-corrected chi connectivity index (χ2v) is 20.3. The topological polar surface area (TPSA) is 121 Å². The number of carbonyl (C=O) groups excluding carboxylic acids is 2. The lowest BCUT2D eigenvalue weighted by atomic mass is 9.70. The second-order valence-electron chi connectivity index (χ2n) is 17.2. The van der Waals surface area contributed by atoms with Gasteiger partial charge in [-0.25, -0.2) is 0 Å². The van der Waals surface area contributed by atoms with Crippen molar-refractivity contribution in [3.8, 4) is 11.5 Å². The molecule has 5 aliphatic rings. The van der Waals surface area contributed by atoms with Gasteiger partial charge in [0.05, 0.1) is 25.1 Å². The van der Waals surface area contributed by atoms with Crippen LogP contribution in [0.5, 0.6) is 11.5 Å². The molecule has 10 heteroatoms. The van der Waals surface area contributed by atoms with Crippen LogP contribution in [0, 0.1) is 75.2 Å². The van der Waals surface area contributed by atoms with Crippen molar-refractivity contribution in [2.24, 2.45) is 33.5 Å². The average molecular weight is 767 g/mol. The normalized spacial score (nSPS) is 30.2. The maximum absolute atomic E-state index is 14.4. The molecule has 4 saturated carbocycles. The summed E-state index contributed by atoms with van der Waals surface area (Å²) in [5.41, 5.74) is -3.44. The van der Waals surface area contributed by atoms with Crippen LogP contribution < -0.4 is 8.37 Å². The van der Waals surface area contributed by atoms with E-state index in [2.05, 4.69) is 0 Å². The summed E-state index contributed by atoms with van der Waals surface area (Å²) in [4.78, 5) is 27.0. The zero-order chi connectivity index (χ0) is 39.8. The minimum Gasteiger partial charge on any atom is -0.382 e. The third-order valence-electron chi connectivity index (χ3n) is 14.4. The van der Waals surface area contributed by atoms with E-state index in [1.807, 2.05) is 76.2 Å². The molecule has 9 rings (SSSR count). The van der Waals surface area contributed by atoms with Gasteiger partial charge in [0.25, 0.3) is 0 Å². The van der Waals surface area contributed by atoms with Crippen molar-refractivity contribution in [1.29, 1.82) is 0 Å². The van der Waals surface area contributed by atoms with E-state index in [0.29, 0.717) is 46.6 Å². The van der Waals surface area contributed by atoms with Crippen LogP contribution in [-0.2, 0) is 29.8 Å². The molecule has 0 heterocycles. The third kappa shape index (κ3) is 4.91. The van der Waals surface area contributed by atoms with Crippen LogP contribution in [0.1, 0.15) is 69.0 Å². The number of fused-ring (bicyclic) bond motifs is 8. The Labute approximate surface area is 317 Å². The molecule has 4 fully saturated rings. The highest BCUT2D eigenvalue weighted by Crippen LogP contribution is 2.65. The van der Waals surface area contributed by atoms with Crippen molar-refractivity contribution >= 4 is 31.8 Å². The molecule has 0 unspecified atom stereocenters. The Kier molecular flexibility index (Phi) is 7.12. The van der Waals surface area contributed by atoms with Crippen LogP contribution in [0.3, 0.4) is 0 Å². The molecule has 4 aromatic carbocycles. The highest BCUT2D eigenvalue weighted by atomic mass is 32.2. The van der Waals surface area contributed by atoms with Gasteiger partial charge in [0.1, 0.15) is 11.6 Å². The predicted molar refractivity (Wildman–Crippen MR) is 202 cm³/mol. The fourth-order valence-corrected chi connectivity index (χ4v) is 14.5. The standard InChI is InChI=1S/C44H44O8S2/c1-41(2)27-19-21-43(41,37(45)23-27)25-53(47,48)51-35-17-9-15-33-31-13-7-5-11-29(31)30-12-6-8-14-32(30)34-16-10-18-36(40(34)39(33)35)52-54(49,50)26-44-22-20-28(24-38(44)46)42(44,3)4/h5-18,27-28H,19-26H2,1-4H3/b30-29-,33-31-,34-32-,40-39-/t27-,28-,43-,44-/m1/s1/i17D,18D. The third-order valence-corrected chi connectivity index (χ3v) is 17.0. The zero-order valence-corrected chi connectivity index (χ0v) is 32.5. The monoisotopic (exact) mass is 766 g/mol. The molecule has 4 atom stereocenters. The highest BCUT2D eigenvalue weighted by molar-refractivity contribution is 7.87. The first-order valence-electron chi connectivity index (χ1n) is 19.7. The smallest absolute Gasteiger partial charge is 0.310 e. The number of benzene rings is 4. The number of Topliss-reactive ketones (excluding diaryl/α,β-unsaturated/α-hetero) is 2. The molecular formula is C44H44O8S2. The predicted octanol–water partition coefficient (Wildman–Crippen LogP) is 7.36. The maximum Gasteiger partial charge on any atom is 0.310 e. The summed E-state index contributed by atoms with van der Waals surface area (Å²) in [6, 6.07) is 20.7. The van der Waals surface area contributed by atoms with Crippen LogP contribution in [0.2, 0.25) is 0 Å². The summed E-state index contributed by atoms with van der Waals surface area (Å²) < 4.78 is 88.1. The first-order valence-corrected chi connectivity index (χ1v) is 21.9. The van der Waals surface area contributed by atoms with Crippen molar-refractivity contribution in [3.63, 3.8) is 0 Å². The van der Waals surface area contributed by atoms with Crippen molar-refractivity contribution in [1.82, 2.24) is 0 Å². The summed E-state index contributed by atoms with van der Waals surface area (Å²) in [5.74, 6) is -1.93. The lowest BCUT2D eigenvalue weighted by Gasteiger charge is -2.35. The molecule has 5 aliphatic carbocycles. The summed E-state index contributed by atoms with van der Waals surface area (Å²) in [5, 5.41) is 3.95. The van der Waals surface area contributed by atoms with Gasteiger partial charge in [-0.3, -0.25) is 9.59 Å². The molecule has 280 valence electrons. The van der Waals surface area contributed by atoms with E-state index >= 15 is 0 Å². The van der Waals surface area contributed by atoms with Gasteiger partial charge in [-0.1, -0.05) is 100 Å². The number of hydrogen-bond acceptors (Lipinski definition) is 8. The van der Waals surface area contributed by atoms with E-state index in [-0.39, 0.29) is 57.4 Å². The van der Waals surface area contributed by atoms with Crippen LogP contribution in [0.15, 0.2) is 84.9 Å². The van der Waals surface area contributed by atoms with Crippen LogP contribution in [0.4, 0.5) is 0 Å². The fraction of sp³-hybridized carbons (Fsp3) is 0.409. The minimum atomic E-state index is -4.57. The molecule has 0 N–H and O–H groups in total. The van der Waals surface area contributed by atoms with Gasteiger partial charge < -0.3 is 8.37 Å². The van der Waals surface area contributed by atoms with Crippen molar-refractivity contribution in [2.75, 3.05) is 11.5 Å². The number of hydrogen-bond donors (Lipinski definition) is 0. The average Bonchev–Trinajstić information content (AvgIpc) is 3.66. The van der Waals surface area contributed by atoms with Crippen molar-refractivity contribution < 1.29 is 37.5 Å². The highest BCUT2D eigenvalue weighted by Gasteiger charge is 2.66. The van der Waals surface area contributed by atoms with Crippen molar-refractivity contribution in [2.45, 2.75) is 66.2 Å². The fourth-order valence-electron chi connectivity index (χ4n) is 11.1. The molecular weight excluding hydrogens is 721 g/mol. The van der Waals surface area contributed by atoms with E-state index in [1.165, 1.54) is 12.1 Å². The quantitative estimate of drug-likeness (QED) is 0.150. The Morgan fingerprint density at radius 2 is 0.907 bits per heavy atom. The number of carbonyl (C=O) groups is 2. The largest absolute Gasteiger partial charge is 0.382 e. The van der Waals surface area contributed by atoms with E-state index in [4.69, 9.17) is 11.1 Å². The lowest BCUT2D eigenvalue weighted by Crippen LogP contribution is -2.43. The first kappa shape index (κ1) is 33.1. The Balaban J connectivity index is 1.37. The Bertz CT molecular complexity index is 2870. The molecule has 0 spiro atoms. The summed E-state index contributed by atoms with van der Waals surface area (Å²) in [6.45, 7) is 7.76.